The van der Waals surface area contributed by atoms with E-state index in [0.29, 0.717) is 23.5 Å². The van der Waals surface area contributed by atoms with Crippen LogP contribution < -0.4 is 25.9 Å². The maximum Gasteiger partial charge on any atom is 0.262 e. The molecule has 0 unspecified atom stereocenters. The standard InChI is InChI=1S/C24H30N4O5/c1-16(2)12-19(27-23(30)15-33-20-10-6-4-8-17(20)3)24(31)28-26-13-18-9-5-7-11-21(18)32-14-22(25)29/h4-11,13,16,19H,12,14-15H2,1-3H3,(H2,25,29)(H,27,30)(H,28,31)/b26-13-/t19-/m1/s1. The summed E-state index contributed by atoms with van der Waals surface area (Å²) in [6.45, 7) is 5.31. The molecule has 2 aromatic rings. The number of carbonyl (C=O) groups excluding carboxylic acids is 3. The molecule has 2 aromatic carbocycles. The highest BCUT2D eigenvalue weighted by atomic mass is 16.5. The van der Waals surface area contributed by atoms with Crippen LogP contribution in [0.2, 0.25) is 0 Å². The first kappa shape index (κ1) is 25.4. The third kappa shape index (κ3) is 9.02. The van der Waals surface area contributed by atoms with Crippen molar-refractivity contribution in [1.29, 1.82) is 0 Å². The van der Waals surface area contributed by atoms with Crippen molar-refractivity contribution in [2.75, 3.05) is 13.2 Å². The van der Waals surface area contributed by atoms with Crippen LogP contribution >= 0.6 is 0 Å². The van der Waals surface area contributed by atoms with Crippen molar-refractivity contribution in [1.82, 2.24) is 10.7 Å². The van der Waals surface area contributed by atoms with Gasteiger partial charge in [-0.25, -0.2) is 5.43 Å². The number of hydrogen-bond donors (Lipinski definition) is 3. The molecular formula is C24H30N4O5. The molecule has 1 atom stereocenters. The summed E-state index contributed by atoms with van der Waals surface area (Å²) in [5.41, 5.74) is 9.02. The highest BCUT2D eigenvalue weighted by Crippen LogP contribution is 2.16. The van der Waals surface area contributed by atoms with Crippen molar-refractivity contribution in [3.8, 4) is 11.5 Å². The van der Waals surface area contributed by atoms with Gasteiger partial charge in [-0.15, -0.1) is 0 Å². The Morgan fingerprint density at radius 2 is 1.64 bits per heavy atom. The topological polar surface area (TPSA) is 132 Å². The van der Waals surface area contributed by atoms with Crippen LogP contribution in [0.5, 0.6) is 11.5 Å². The maximum absolute atomic E-state index is 12.7. The smallest absolute Gasteiger partial charge is 0.262 e. The number of nitrogens with one attached hydrogen (secondary N) is 2. The number of ether oxygens (including phenoxy) is 2. The quantitative estimate of drug-likeness (QED) is 0.333. The van der Waals surface area contributed by atoms with Crippen molar-refractivity contribution in [3.63, 3.8) is 0 Å². The lowest BCUT2D eigenvalue weighted by molar-refractivity contribution is -0.130. The van der Waals surface area contributed by atoms with Crippen LogP contribution in [0.3, 0.4) is 0 Å². The van der Waals surface area contributed by atoms with Crippen LogP contribution in [-0.4, -0.2) is 43.2 Å². The van der Waals surface area contributed by atoms with Crippen LogP contribution in [0, 0.1) is 12.8 Å². The van der Waals surface area contributed by atoms with Gasteiger partial charge in [0.15, 0.2) is 13.2 Å². The van der Waals surface area contributed by atoms with E-state index in [9.17, 15) is 14.4 Å². The molecule has 3 amide bonds. The van der Waals surface area contributed by atoms with Crippen LogP contribution in [0.4, 0.5) is 0 Å². The summed E-state index contributed by atoms with van der Waals surface area (Å²) < 4.78 is 10.9. The lowest BCUT2D eigenvalue weighted by Gasteiger charge is -2.19. The van der Waals surface area contributed by atoms with E-state index in [1.165, 1.54) is 6.21 Å². The number of primary amides is 1. The van der Waals surface area contributed by atoms with Gasteiger partial charge in [0, 0.05) is 5.56 Å². The summed E-state index contributed by atoms with van der Waals surface area (Å²) in [7, 11) is 0. The van der Waals surface area contributed by atoms with Gasteiger partial charge < -0.3 is 20.5 Å². The van der Waals surface area contributed by atoms with Crippen LogP contribution in [0.15, 0.2) is 53.6 Å². The molecule has 0 saturated heterocycles. The van der Waals surface area contributed by atoms with Gasteiger partial charge in [0.2, 0.25) is 0 Å². The van der Waals surface area contributed by atoms with Gasteiger partial charge in [-0.1, -0.05) is 44.2 Å². The summed E-state index contributed by atoms with van der Waals surface area (Å²) in [6, 6.07) is 13.5. The second kappa shape index (κ2) is 12.8. The molecule has 9 nitrogen and oxygen atoms in total. The number of nitrogens with zero attached hydrogens (tertiary/aromatic N) is 1. The Bertz CT molecular complexity index is 990. The number of hydrazone groups is 1. The Morgan fingerprint density at radius 1 is 1.00 bits per heavy atom. The highest BCUT2D eigenvalue weighted by Gasteiger charge is 2.22. The van der Waals surface area contributed by atoms with Gasteiger partial charge in [0.05, 0.1) is 6.21 Å². The van der Waals surface area contributed by atoms with Crippen molar-refractivity contribution in [2.45, 2.75) is 33.2 Å². The minimum Gasteiger partial charge on any atom is -0.484 e. The third-order valence-electron chi connectivity index (χ3n) is 4.48. The molecule has 0 aliphatic rings. The van der Waals surface area contributed by atoms with Gasteiger partial charge >= 0.3 is 0 Å². The minimum absolute atomic E-state index is 0.158. The molecule has 9 heteroatoms. The molecule has 0 aliphatic heterocycles. The zero-order valence-corrected chi connectivity index (χ0v) is 19.0. The average Bonchev–Trinajstić information content (AvgIpc) is 2.77. The average molecular weight is 455 g/mol. The largest absolute Gasteiger partial charge is 0.484 e. The van der Waals surface area contributed by atoms with E-state index in [1.54, 1.807) is 30.3 Å². The summed E-state index contributed by atoms with van der Waals surface area (Å²) in [6.07, 6.45) is 1.82. The normalized spacial score (nSPS) is 11.8. The van der Waals surface area contributed by atoms with Crippen molar-refractivity contribution < 1.29 is 23.9 Å². The van der Waals surface area contributed by atoms with E-state index in [4.69, 9.17) is 15.2 Å². The second-order valence-electron chi connectivity index (χ2n) is 7.83. The molecule has 0 bridgehead atoms. The molecule has 0 aliphatic carbocycles. The molecule has 33 heavy (non-hydrogen) atoms. The molecule has 0 radical (unpaired) electrons. The summed E-state index contributed by atoms with van der Waals surface area (Å²) >= 11 is 0. The van der Waals surface area contributed by atoms with Crippen LogP contribution in [-0.2, 0) is 14.4 Å². The van der Waals surface area contributed by atoms with E-state index in [-0.39, 0.29) is 19.1 Å². The van der Waals surface area contributed by atoms with E-state index in [0.717, 1.165) is 5.56 Å². The molecule has 4 N–H and O–H groups in total. The number of amides is 3. The molecule has 0 heterocycles. The number of aryl methyl sites for hydroxylation is 1. The molecule has 176 valence electrons. The summed E-state index contributed by atoms with van der Waals surface area (Å²) in [5, 5.41) is 6.67. The van der Waals surface area contributed by atoms with Crippen molar-refractivity contribution in [3.05, 3.63) is 59.7 Å². The number of para-hydroxylation sites is 2. The lowest BCUT2D eigenvalue weighted by atomic mass is 10.0. The Morgan fingerprint density at radius 3 is 2.30 bits per heavy atom. The number of rotatable bonds is 12. The van der Waals surface area contributed by atoms with Gasteiger partial charge in [-0.2, -0.15) is 5.10 Å². The lowest BCUT2D eigenvalue weighted by Crippen LogP contribution is -2.47. The highest BCUT2D eigenvalue weighted by molar-refractivity contribution is 5.90. The van der Waals surface area contributed by atoms with E-state index >= 15 is 0 Å². The third-order valence-corrected chi connectivity index (χ3v) is 4.48. The Balaban J connectivity index is 1.96. The number of benzene rings is 2. The summed E-state index contributed by atoms with van der Waals surface area (Å²) in [5.74, 6) is -0.305. The molecule has 2 rings (SSSR count). The fourth-order valence-corrected chi connectivity index (χ4v) is 2.91. The first-order valence-corrected chi connectivity index (χ1v) is 10.6. The van der Waals surface area contributed by atoms with E-state index in [2.05, 4.69) is 15.8 Å². The minimum atomic E-state index is -0.781. The summed E-state index contributed by atoms with van der Waals surface area (Å²) in [4.78, 5) is 36.0. The number of hydrogen-bond acceptors (Lipinski definition) is 6. The maximum atomic E-state index is 12.7. The number of carbonyl (C=O) groups is 3. The molecule has 0 saturated carbocycles. The Hall–Kier alpha value is -3.88. The molecule has 0 spiro atoms. The van der Waals surface area contributed by atoms with Gasteiger partial charge in [-0.05, 0) is 43.0 Å². The zero-order chi connectivity index (χ0) is 24.2. The Labute approximate surface area is 193 Å². The zero-order valence-electron chi connectivity index (χ0n) is 19.0. The van der Waals surface area contributed by atoms with E-state index in [1.807, 2.05) is 39.0 Å². The molecular weight excluding hydrogens is 424 g/mol. The van der Waals surface area contributed by atoms with Crippen LogP contribution in [0.1, 0.15) is 31.4 Å². The fraction of sp³-hybridized carbons (Fsp3) is 0.333. The fourth-order valence-electron chi connectivity index (χ4n) is 2.91. The molecule has 0 aromatic heterocycles. The molecule has 0 fully saturated rings. The SMILES string of the molecule is Cc1ccccc1OCC(=O)N[C@H](CC(C)C)C(=O)N/N=C\c1ccccc1OCC(N)=O. The monoisotopic (exact) mass is 454 g/mol. The van der Waals surface area contributed by atoms with Gasteiger partial charge in [0.1, 0.15) is 17.5 Å². The first-order chi connectivity index (χ1) is 15.8. The van der Waals surface area contributed by atoms with Gasteiger partial charge in [0.25, 0.3) is 17.7 Å². The predicted molar refractivity (Wildman–Crippen MR) is 125 cm³/mol. The van der Waals surface area contributed by atoms with Gasteiger partial charge in [-0.3, -0.25) is 14.4 Å². The predicted octanol–water partition coefficient (Wildman–Crippen LogP) is 1.92. The number of nitrogens with two attached hydrogens (primary N) is 1. The van der Waals surface area contributed by atoms with E-state index < -0.39 is 23.8 Å². The first-order valence-electron chi connectivity index (χ1n) is 10.6. The van der Waals surface area contributed by atoms with Crippen molar-refractivity contribution in [2.24, 2.45) is 16.8 Å². The van der Waals surface area contributed by atoms with Crippen LogP contribution in [0.25, 0.3) is 0 Å². The second-order valence-corrected chi connectivity index (χ2v) is 7.83. The Kier molecular flexibility index (Phi) is 9.88. The van der Waals surface area contributed by atoms with Crippen molar-refractivity contribution >= 4 is 23.9 Å².